The van der Waals surface area contributed by atoms with E-state index in [4.69, 9.17) is 17.3 Å². The third-order valence-corrected chi connectivity index (χ3v) is 3.38. The van der Waals surface area contributed by atoms with Crippen LogP contribution in [0.1, 0.15) is 15.9 Å². The van der Waals surface area contributed by atoms with Crippen molar-refractivity contribution in [2.45, 2.75) is 0 Å². The van der Waals surface area contributed by atoms with E-state index in [1.807, 2.05) is 0 Å². The van der Waals surface area contributed by atoms with Gasteiger partial charge in [-0.25, -0.2) is 0 Å². The number of nitrogens with zero attached hydrogens (tertiary/aromatic N) is 1. The number of nitrogen functional groups attached to an aromatic ring is 1. The zero-order chi connectivity index (χ0) is 13.4. The first-order chi connectivity index (χ1) is 9.16. The maximum atomic E-state index is 12.4. The Morgan fingerprint density at radius 2 is 1.89 bits per heavy atom. The predicted octanol–water partition coefficient (Wildman–Crippen LogP) is 3.03. The third-order valence-electron chi connectivity index (χ3n) is 2.98. The number of benzene rings is 2. The van der Waals surface area contributed by atoms with E-state index in [2.05, 4.69) is 10.2 Å². The lowest BCUT2D eigenvalue weighted by molar-refractivity contribution is 0.103. The molecule has 2 aromatic carbocycles. The highest BCUT2D eigenvalue weighted by molar-refractivity contribution is 6.39. The van der Waals surface area contributed by atoms with Gasteiger partial charge >= 0.3 is 0 Å². The van der Waals surface area contributed by atoms with Gasteiger partial charge in [0.2, 0.25) is 0 Å². The molecule has 1 aromatic heterocycles. The minimum absolute atomic E-state index is 0.131. The number of anilines is 1. The molecule has 0 saturated carbocycles. The zero-order valence-corrected chi connectivity index (χ0v) is 10.6. The van der Waals surface area contributed by atoms with Crippen molar-refractivity contribution in [3.63, 3.8) is 0 Å². The van der Waals surface area contributed by atoms with Gasteiger partial charge in [-0.1, -0.05) is 11.6 Å². The summed E-state index contributed by atoms with van der Waals surface area (Å²) in [6.45, 7) is 0. The number of H-pyrrole nitrogens is 1. The van der Waals surface area contributed by atoms with Crippen molar-refractivity contribution in [1.82, 2.24) is 10.2 Å². The van der Waals surface area contributed by atoms with E-state index < -0.39 is 0 Å². The zero-order valence-electron chi connectivity index (χ0n) is 9.85. The summed E-state index contributed by atoms with van der Waals surface area (Å²) in [5.41, 5.74) is 8.04. The first-order valence-corrected chi connectivity index (χ1v) is 6.06. The molecular weight excluding hydrogens is 262 g/mol. The van der Waals surface area contributed by atoms with Crippen molar-refractivity contribution < 1.29 is 4.79 Å². The highest BCUT2D eigenvalue weighted by Gasteiger charge is 2.15. The molecule has 5 heteroatoms. The van der Waals surface area contributed by atoms with Crippen LogP contribution < -0.4 is 5.73 Å². The largest absolute Gasteiger partial charge is 0.399 e. The summed E-state index contributed by atoms with van der Waals surface area (Å²) < 4.78 is 0. The number of hydrogen-bond donors (Lipinski definition) is 2. The van der Waals surface area contributed by atoms with Gasteiger partial charge in [-0.3, -0.25) is 9.89 Å². The summed E-state index contributed by atoms with van der Waals surface area (Å²) in [6, 6.07) is 10.2. The van der Waals surface area contributed by atoms with Crippen molar-refractivity contribution in [1.29, 1.82) is 0 Å². The van der Waals surface area contributed by atoms with Crippen LogP contribution in [0, 0.1) is 0 Å². The molecule has 0 aliphatic rings. The number of ketones is 1. The number of carbonyl (C=O) groups excluding carboxylic acids is 1. The molecule has 0 unspecified atom stereocenters. The average Bonchev–Trinajstić information content (AvgIpc) is 2.88. The van der Waals surface area contributed by atoms with Gasteiger partial charge in [0, 0.05) is 22.2 Å². The van der Waals surface area contributed by atoms with Crippen LogP contribution in [-0.2, 0) is 0 Å². The highest BCUT2D eigenvalue weighted by Crippen LogP contribution is 2.27. The number of aromatic amines is 1. The second-order valence-electron chi connectivity index (χ2n) is 4.21. The fraction of sp³-hybridized carbons (Fsp3) is 0. The molecule has 1 heterocycles. The quantitative estimate of drug-likeness (QED) is 0.556. The van der Waals surface area contributed by atoms with E-state index in [0.29, 0.717) is 21.8 Å². The molecule has 0 bridgehead atoms. The van der Waals surface area contributed by atoms with Crippen molar-refractivity contribution >= 4 is 34.0 Å². The van der Waals surface area contributed by atoms with Crippen molar-refractivity contribution in [3.05, 3.63) is 58.7 Å². The van der Waals surface area contributed by atoms with Gasteiger partial charge in [0.05, 0.1) is 16.7 Å². The molecule has 0 spiro atoms. The molecule has 19 heavy (non-hydrogen) atoms. The van der Waals surface area contributed by atoms with Gasteiger partial charge < -0.3 is 5.73 Å². The van der Waals surface area contributed by atoms with Crippen LogP contribution in [0.5, 0.6) is 0 Å². The van der Waals surface area contributed by atoms with Crippen LogP contribution in [0.3, 0.4) is 0 Å². The Hall–Kier alpha value is -2.33. The number of carbonyl (C=O) groups is 1. The molecule has 4 nitrogen and oxygen atoms in total. The number of hydrogen-bond acceptors (Lipinski definition) is 3. The van der Waals surface area contributed by atoms with Crippen LogP contribution >= 0.6 is 11.6 Å². The SMILES string of the molecule is Nc1ccc(C(=O)c2ccc3[nH]ncc3c2Cl)cc1. The molecule has 0 aliphatic carbocycles. The van der Waals surface area contributed by atoms with Crippen LogP contribution in [-0.4, -0.2) is 16.0 Å². The number of aromatic nitrogens is 2. The number of fused-ring (bicyclic) bond motifs is 1. The lowest BCUT2D eigenvalue weighted by atomic mass is 10.0. The number of rotatable bonds is 2. The van der Waals surface area contributed by atoms with E-state index in [0.717, 1.165) is 10.9 Å². The Bertz CT molecular complexity index is 762. The van der Waals surface area contributed by atoms with E-state index in [1.54, 1.807) is 42.6 Å². The maximum absolute atomic E-state index is 12.4. The van der Waals surface area contributed by atoms with Gasteiger partial charge in [0.1, 0.15) is 0 Å². The van der Waals surface area contributed by atoms with Crippen LogP contribution in [0.15, 0.2) is 42.6 Å². The first-order valence-electron chi connectivity index (χ1n) is 5.68. The van der Waals surface area contributed by atoms with Crippen LogP contribution in [0.4, 0.5) is 5.69 Å². The molecular formula is C14H10ClN3O. The molecule has 3 aromatic rings. The second-order valence-corrected chi connectivity index (χ2v) is 4.59. The van der Waals surface area contributed by atoms with Crippen molar-refractivity contribution in [2.75, 3.05) is 5.73 Å². The summed E-state index contributed by atoms with van der Waals surface area (Å²) in [6.07, 6.45) is 1.61. The number of nitrogens with two attached hydrogens (primary N) is 1. The number of halogens is 1. The molecule has 0 atom stereocenters. The lowest BCUT2D eigenvalue weighted by Crippen LogP contribution is -2.02. The Morgan fingerprint density at radius 3 is 2.63 bits per heavy atom. The average molecular weight is 272 g/mol. The minimum Gasteiger partial charge on any atom is -0.399 e. The van der Waals surface area contributed by atoms with Crippen molar-refractivity contribution in [2.24, 2.45) is 0 Å². The van der Waals surface area contributed by atoms with Gasteiger partial charge in [0.25, 0.3) is 0 Å². The van der Waals surface area contributed by atoms with E-state index >= 15 is 0 Å². The Labute approximate surface area is 114 Å². The maximum Gasteiger partial charge on any atom is 0.194 e. The molecule has 0 saturated heterocycles. The molecule has 0 aliphatic heterocycles. The smallest absolute Gasteiger partial charge is 0.194 e. The highest BCUT2D eigenvalue weighted by atomic mass is 35.5. The van der Waals surface area contributed by atoms with Crippen LogP contribution in [0.2, 0.25) is 5.02 Å². The minimum atomic E-state index is -0.131. The monoisotopic (exact) mass is 271 g/mol. The summed E-state index contributed by atoms with van der Waals surface area (Å²) in [5, 5.41) is 7.87. The van der Waals surface area contributed by atoms with E-state index in [-0.39, 0.29) is 5.78 Å². The number of nitrogens with one attached hydrogen (secondary N) is 1. The van der Waals surface area contributed by atoms with Gasteiger partial charge in [-0.2, -0.15) is 5.10 Å². The van der Waals surface area contributed by atoms with Crippen molar-refractivity contribution in [3.8, 4) is 0 Å². The normalized spacial score (nSPS) is 10.8. The fourth-order valence-corrected chi connectivity index (χ4v) is 2.25. The van der Waals surface area contributed by atoms with Gasteiger partial charge in [0.15, 0.2) is 5.78 Å². The standard InChI is InChI=1S/C14H10ClN3O/c15-13-10(5-6-12-11(13)7-17-18-12)14(19)8-1-3-9(16)4-2-8/h1-7H,16H2,(H,17,18). The van der Waals surface area contributed by atoms with E-state index in [9.17, 15) is 4.79 Å². The molecule has 0 amide bonds. The third kappa shape index (κ3) is 1.96. The molecule has 0 radical (unpaired) electrons. The first kappa shape index (κ1) is 11.7. The summed E-state index contributed by atoms with van der Waals surface area (Å²) in [7, 11) is 0. The summed E-state index contributed by atoms with van der Waals surface area (Å²) in [4.78, 5) is 12.4. The Balaban J connectivity index is 2.11. The predicted molar refractivity (Wildman–Crippen MR) is 75.4 cm³/mol. The Kier molecular flexibility index (Phi) is 2.72. The summed E-state index contributed by atoms with van der Waals surface area (Å²) in [5.74, 6) is -0.131. The van der Waals surface area contributed by atoms with Gasteiger partial charge in [-0.05, 0) is 36.4 Å². The molecule has 0 fully saturated rings. The van der Waals surface area contributed by atoms with E-state index in [1.165, 1.54) is 0 Å². The lowest BCUT2D eigenvalue weighted by Gasteiger charge is -2.05. The molecule has 94 valence electrons. The Morgan fingerprint density at radius 1 is 1.16 bits per heavy atom. The van der Waals surface area contributed by atoms with Gasteiger partial charge in [-0.15, -0.1) is 0 Å². The topological polar surface area (TPSA) is 71.8 Å². The second kappa shape index (κ2) is 4.40. The fourth-order valence-electron chi connectivity index (χ4n) is 1.95. The molecule has 3 N–H and O–H groups in total. The summed E-state index contributed by atoms with van der Waals surface area (Å²) >= 11 is 6.25. The van der Waals surface area contributed by atoms with Crippen LogP contribution in [0.25, 0.3) is 10.9 Å². The molecule has 3 rings (SSSR count).